The molecule has 3 aromatic rings. The van der Waals surface area contributed by atoms with E-state index in [-0.39, 0.29) is 18.1 Å². The van der Waals surface area contributed by atoms with Crippen molar-refractivity contribution in [1.29, 1.82) is 0 Å². The van der Waals surface area contributed by atoms with E-state index in [2.05, 4.69) is 10.3 Å². The van der Waals surface area contributed by atoms with E-state index in [1.54, 1.807) is 36.5 Å². The molecule has 0 atom stereocenters. The van der Waals surface area contributed by atoms with E-state index in [1.807, 2.05) is 0 Å². The monoisotopic (exact) mass is 378 g/mol. The fourth-order valence-corrected chi connectivity index (χ4v) is 2.65. The van der Waals surface area contributed by atoms with Crippen LogP contribution in [0.2, 0.25) is 10.0 Å². The Hall–Kier alpha value is -2.37. The number of hydrogen-bond acceptors (Lipinski definition) is 3. The van der Waals surface area contributed by atoms with Gasteiger partial charge in [-0.3, -0.25) is 4.79 Å². The van der Waals surface area contributed by atoms with Crippen LogP contribution in [0.25, 0.3) is 11.3 Å². The van der Waals surface area contributed by atoms with Gasteiger partial charge in [-0.15, -0.1) is 0 Å². The summed E-state index contributed by atoms with van der Waals surface area (Å²) in [6.45, 7) is 0. The van der Waals surface area contributed by atoms with Crippen molar-refractivity contribution in [2.75, 3.05) is 5.32 Å². The molecule has 25 heavy (non-hydrogen) atoms. The molecule has 0 radical (unpaired) electrons. The van der Waals surface area contributed by atoms with Gasteiger partial charge in [-0.25, -0.2) is 9.37 Å². The summed E-state index contributed by atoms with van der Waals surface area (Å²) in [4.78, 5) is 16.2. The van der Waals surface area contributed by atoms with E-state index < -0.39 is 0 Å². The van der Waals surface area contributed by atoms with Crippen molar-refractivity contribution in [2.45, 2.75) is 12.8 Å². The van der Waals surface area contributed by atoms with Crippen LogP contribution >= 0.6 is 23.2 Å². The van der Waals surface area contributed by atoms with Gasteiger partial charge in [-0.2, -0.15) is 0 Å². The van der Waals surface area contributed by atoms with Gasteiger partial charge in [0.2, 0.25) is 5.91 Å². The molecule has 0 saturated carbocycles. The van der Waals surface area contributed by atoms with Gasteiger partial charge in [0.1, 0.15) is 5.82 Å². The Morgan fingerprint density at radius 3 is 2.64 bits per heavy atom. The minimum absolute atomic E-state index is 0.183. The van der Waals surface area contributed by atoms with Gasteiger partial charge in [0.05, 0.1) is 16.9 Å². The Balaban J connectivity index is 1.58. The Morgan fingerprint density at radius 1 is 1.16 bits per heavy atom. The lowest BCUT2D eigenvalue weighted by Gasteiger charge is -2.06. The zero-order valence-electron chi connectivity index (χ0n) is 12.9. The number of nitrogens with zero attached hydrogens (tertiary/aromatic N) is 1. The number of anilines is 1. The number of amides is 1. The van der Waals surface area contributed by atoms with Crippen LogP contribution in [0.1, 0.15) is 12.3 Å². The number of aryl methyl sites for hydroxylation is 1. The van der Waals surface area contributed by atoms with Gasteiger partial charge in [-0.1, -0.05) is 23.2 Å². The minimum Gasteiger partial charge on any atom is -0.441 e. The van der Waals surface area contributed by atoms with Crippen LogP contribution in [-0.4, -0.2) is 10.9 Å². The Labute approximate surface area is 153 Å². The molecule has 0 bridgehead atoms. The average molecular weight is 379 g/mol. The summed E-state index contributed by atoms with van der Waals surface area (Å²) in [6.07, 6.45) is 2.07. The number of carbonyl (C=O) groups excluding carboxylic acids is 1. The lowest BCUT2D eigenvalue weighted by atomic mass is 10.2. The molecule has 1 amide bonds. The van der Waals surface area contributed by atoms with Gasteiger partial charge in [0, 0.05) is 23.4 Å². The zero-order chi connectivity index (χ0) is 17.8. The number of benzene rings is 2. The second-order valence-electron chi connectivity index (χ2n) is 5.30. The summed E-state index contributed by atoms with van der Waals surface area (Å²) >= 11 is 11.8. The van der Waals surface area contributed by atoms with Gasteiger partial charge >= 0.3 is 0 Å². The Kier molecular flexibility index (Phi) is 5.36. The number of oxazole rings is 1. The summed E-state index contributed by atoms with van der Waals surface area (Å²) in [5.41, 5.74) is 1.22. The van der Waals surface area contributed by atoms with E-state index in [0.717, 1.165) is 5.56 Å². The molecule has 0 aliphatic carbocycles. The minimum atomic E-state index is -0.318. The lowest BCUT2D eigenvalue weighted by Crippen LogP contribution is -2.12. The van der Waals surface area contributed by atoms with Crippen molar-refractivity contribution in [3.8, 4) is 11.3 Å². The first-order chi connectivity index (χ1) is 12.0. The van der Waals surface area contributed by atoms with Gasteiger partial charge in [0.25, 0.3) is 0 Å². The fraction of sp³-hybridized carbons (Fsp3) is 0.111. The van der Waals surface area contributed by atoms with Crippen molar-refractivity contribution in [2.24, 2.45) is 0 Å². The van der Waals surface area contributed by atoms with E-state index in [9.17, 15) is 9.18 Å². The highest BCUT2D eigenvalue weighted by Gasteiger charge is 2.11. The topological polar surface area (TPSA) is 55.1 Å². The first-order valence-corrected chi connectivity index (χ1v) is 8.22. The quantitative estimate of drug-likeness (QED) is 0.650. The van der Waals surface area contributed by atoms with Gasteiger partial charge in [0.15, 0.2) is 11.7 Å². The van der Waals surface area contributed by atoms with Crippen molar-refractivity contribution in [1.82, 2.24) is 4.98 Å². The first-order valence-electron chi connectivity index (χ1n) is 7.47. The second kappa shape index (κ2) is 7.68. The molecule has 2 aromatic carbocycles. The Morgan fingerprint density at radius 2 is 1.92 bits per heavy atom. The fourth-order valence-electron chi connectivity index (χ4n) is 2.20. The predicted molar refractivity (Wildman–Crippen MR) is 95.3 cm³/mol. The van der Waals surface area contributed by atoms with Crippen LogP contribution in [0, 0.1) is 5.82 Å². The van der Waals surface area contributed by atoms with Crippen molar-refractivity contribution in [3.63, 3.8) is 0 Å². The molecule has 0 aliphatic rings. The highest BCUT2D eigenvalue weighted by atomic mass is 35.5. The molecule has 1 N–H and O–H groups in total. The van der Waals surface area contributed by atoms with Crippen molar-refractivity contribution >= 4 is 34.8 Å². The molecule has 0 spiro atoms. The molecule has 4 nitrogen and oxygen atoms in total. The summed E-state index contributed by atoms with van der Waals surface area (Å²) in [7, 11) is 0. The number of halogens is 3. The van der Waals surface area contributed by atoms with E-state index in [4.69, 9.17) is 27.6 Å². The molecule has 0 saturated heterocycles. The average Bonchev–Trinajstić information content (AvgIpc) is 3.05. The maximum atomic E-state index is 12.9. The maximum Gasteiger partial charge on any atom is 0.224 e. The van der Waals surface area contributed by atoms with Crippen molar-refractivity contribution < 1.29 is 13.6 Å². The summed E-state index contributed by atoms with van der Waals surface area (Å²) in [5, 5.41) is 3.58. The first kappa shape index (κ1) is 17.5. The summed E-state index contributed by atoms with van der Waals surface area (Å²) in [5.74, 6) is 0.416. The molecule has 1 heterocycles. The number of hydrogen-bond donors (Lipinski definition) is 1. The largest absolute Gasteiger partial charge is 0.441 e. The predicted octanol–water partition coefficient (Wildman–Crippen LogP) is 5.36. The SMILES string of the molecule is O=C(CCc1ncc(-c2ccc(F)cc2)o1)Nc1ccc(Cl)cc1Cl. The van der Waals surface area contributed by atoms with Crippen LogP contribution in [0.5, 0.6) is 0 Å². The van der Waals surface area contributed by atoms with Crippen LogP contribution in [0.4, 0.5) is 10.1 Å². The molecule has 1 aromatic heterocycles. The maximum absolute atomic E-state index is 12.9. The highest BCUT2D eigenvalue weighted by molar-refractivity contribution is 6.36. The van der Waals surface area contributed by atoms with E-state index in [0.29, 0.717) is 33.8 Å². The third-order valence-electron chi connectivity index (χ3n) is 3.45. The molecule has 0 unspecified atom stereocenters. The summed E-state index contributed by atoms with van der Waals surface area (Å²) in [6, 6.07) is 10.7. The third kappa shape index (κ3) is 4.59. The summed E-state index contributed by atoms with van der Waals surface area (Å²) < 4.78 is 18.5. The van der Waals surface area contributed by atoms with Gasteiger partial charge in [-0.05, 0) is 42.5 Å². The number of nitrogens with one attached hydrogen (secondary N) is 1. The van der Waals surface area contributed by atoms with Crippen LogP contribution in [0.15, 0.2) is 53.1 Å². The second-order valence-corrected chi connectivity index (χ2v) is 6.14. The standard InChI is InChI=1S/C18H13Cl2FN2O2/c19-12-3-6-15(14(20)9-12)23-17(24)7-8-18-22-10-16(25-18)11-1-4-13(21)5-2-11/h1-6,9-10H,7-8H2,(H,23,24). The molecule has 128 valence electrons. The molecular formula is C18H13Cl2FN2O2. The highest BCUT2D eigenvalue weighted by Crippen LogP contribution is 2.26. The number of aromatic nitrogens is 1. The Bertz CT molecular complexity index is 894. The van der Waals surface area contributed by atoms with Crippen LogP contribution in [0.3, 0.4) is 0 Å². The van der Waals surface area contributed by atoms with Crippen LogP contribution < -0.4 is 5.32 Å². The van der Waals surface area contributed by atoms with Crippen molar-refractivity contribution in [3.05, 3.63) is 70.4 Å². The smallest absolute Gasteiger partial charge is 0.224 e. The van der Waals surface area contributed by atoms with E-state index in [1.165, 1.54) is 12.1 Å². The van der Waals surface area contributed by atoms with E-state index >= 15 is 0 Å². The molecular weight excluding hydrogens is 366 g/mol. The molecule has 3 rings (SSSR count). The third-order valence-corrected chi connectivity index (χ3v) is 4.00. The normalized spacial score (nSPS) is 10.7. The molecule has 0 aliphatic heterocycles. The zero-order valence-corrected chi connectivity index (χ0v) is 14.4. The molecule has 7 heteroatoms. The number of carbonyl (C=O) groups is 1. The lowest BCUT2D eigenvalue weighted by molar-refractivity contribution is -0.116. The number of rotatable bonds is 5. The van der Waals surface area contributed by atoms with Gasteiger partial charge < -0.3 is 9.73 Å². The molecule has 0 fully saturated rings. The van der Waals surface area contributed by atoms with Crippen LogP contribution in [-0.2, 0) is 11.2 Å².